The van der Waals surface area contributed by atoms with Crippen LogP contribution in [-0.4, -0.2) is 43.4 Å². The van der Waals surface area contributed by atoms with Crippen LogP contribution in [-0.2, 0) is 14.8 Å². The highest BCUT2D eigenvalue weighted by molar-refractivity contribution is 8.00. The second kappa shape index (κ2) is 9.22. The molecule has 0 aromatic heterocycles. The lowest BCUT2D eigenvalue weighted by Gasteiger charge is -2.16. The second-order valence-corrected chi connectivity index (χ2v) is 9.23. The summed E-state index contributed by atoms with van der Waals surface area (Å²) in [6.07, 6.45) is 1.68. The molecule has 9 heteroatoms. The van der Waals surface area contributed by atoms with Crippen LogP contribution in [0.4, 0.5) is 0 Å². The molecule has 1 saturated heterocycles. The van der Waals surface area contributed by atoms with Crippen LogP contribution in [0.15, 0.2) is 64.4 Å². The van der Waals surface area contributed by atoms with Gasteiger partial charge >= 0.3 is 0 Å². The molecule has 3 rings (SSSR count). The van der Waals surface area contributed by atoms with Crippen molar-refractivity contribution in [3.05, 3.63) is 60.2 Å². The average Bonchev–Trinajstić information content (AvgIpc) is 3.27. The Hall–Kier alpha value is -2.36. The molecule has 0 saturated carbocycles. The first kappa shape index (κ1) is 20.4. The zero-order valence-corrected chi connectivity index (χ0v) is 16.8. The molecule has 2 aromatic carbocycles. The summed E-state index contributed by atoms with van der Waals surface area (Å²) < 4.78 is 26.7. The Bertz CT molecular complexity index is 943. The molecule has 1 aliphatic rings. The Labute approximate surface area is 168 Å². The third-order valence-corrected chi connectivity index (χ3v) is 7.13. The van der Waals surface area contributed by atoms with Crippen molar-refractivity contribution in [2.75, 3.05) is 18.8 Å². The normalized spacial score (nSPS) is 14.6. The molecule has 2 N–H and O–H groups in total. The number of carbonyl (C=O) groups excluding carboxylic acids is 2. The maximum absolute atomic E-state index is 12.6. The van der Waals surface area contributed by atoms with E-state index in [9.17, 15) is 18.0 Å². The van der Waals surface area contributed by atoms with Crippen LogP contribution in [0.5, 0.6) is 0 Å². The Morgan fingerprint density at radius 3 is 2.39 bits per heavy atom. The van der Waals surface area contributed by atoms with E-state index in [0.717, 1.165) is 17.7 Å². The number of benzene rings is 2. The molecule has 148 valence electrons. The van der Waals surface area contributed by atoms with E-state index in [1.54, 1.807) is 0 Å². The van der Waals surface area contributed by atoms with Crippen LogP contribution in [0.25, 0.3) is 0 Å². The molecule has 7 nitrogen and oxygen atoms in total. The molecule has 1 aliphatic heterocycles. The highest BCUT2D eigenvalue weighted by Crippen LogP contribution is 2.21. The van der Waals surface area contributed by atoms with Crippen LogP contribution in [0, 0.1) is 0 Å². The van der Waals surface area contributed by atoms with E-state index in [0.29, 0.717) is 13.1 Å². The number of amides is 2. The van der Waals surface area contributed by atoms with Crippen LogP contribution >= 0.6 is 11.8 Å². The summed E-state index contributed by atoms with van der Waals surface area (Å²) in [5.74, 6) is -0.784. The SMILES string of the molecule is O=C(CSc1ccccc1)NNC(=O)c1cccc(S(=O)(=O)N2CCCC2)c1. The summed E-state index contributed by atoms with van der Waals surface area (Å²) in [5.41, 5.74) is 4.83. The van der Waals surface area contributed by atoms with Gasteiger partial charge in [0.25, 0.3) is 5.91 Å². The van der Waals surface area contributed by atoms with E-state index in [-0.39, 0.29) is 22.1 Å². The van der Waals surface area contributed by atoms with Crippen molar-refractivity contribution in [3.63, 3.8) is 0 Å². The minimum Gasteiger partial charge on any atom is -0.272 e. The maximum atomic E-state index is 12.6. The number of nitrogens with zero attached hydrogens (tertiary/aromatic N) is 1. The highest BCUT2D eigenvalue weighted by Gasteiger charge is 2.27. The van der Waals surface area contributed by atoms with Crippen molar-refractivity contribution in [3.8, 4) is 0 Å². The van der Waals surface area contributed by atoms with Gasteiger partial charge in [0.2, 0.25) is 15.9 Å². The summed E-state index contributed by atoms with van der Waals surface area (Å²) >= 11 is 1.35. The quantitative estimate of drug-likeness (QED) is 0.552. The summed E-state index contributed by atoms with van der Waals surface area (Å²) in [4.78, 5) is 25.2. The molecule has 2 amide bonds. The van der Waals surface area contributed by atoms with E-state index < -0.39 is 15.9 Å². The number of nitrogens with one attached hydrogen (secondary N) is 2. The van der Waals surface area contributed by atoms with Crippen molar-refractivity contribution in [1.29, 1.82) is 0 Å². The molecule has 28 heavy (non-hydrogen) atoms. The fraction of sp³-hybridized carbons (Fsp3) is 0.263. The van der Waals surface area contributed by atoms with Gasteiger partial charge in [0.15, 0.2) is 0 Å². The summed E-state index contributed by atoms with van der Waals surface area (Å²) in [5, 5.41) is 0. The number of rotatable bonds is 6. The van der Waals surface area contributed by atoms with Gasteiger partial charge in [-0.2, -0.15) is 4.31 Å². The van der Waals surface area contributed by atoms with Crippen LogP contribution in [0.2, 0.25) is 0 Å². The fourth-order valence-electron chi connectivity index (χ4n) is 2.78. The smallest absolute Gasteiger partial charge is 0.269 e. The summed E-state index contributed by atoms with van der Waals surface area (Å²) in [6.45, 7) is 0.988. The lowest BCUT2D eigenvalue weighted by molar-refractivity contribution is -0.119. The molecule has 0 unspecified atom stereocenters. The zero-order chi connectivity index (χ0) is 20.0. The third-order valence-electron chi connectivity index (χ3n) is 4.23. The molecule has 0 radical (unpaired) electrons. The van der Waals surface area contributed by atoms with E-state index >= 15 is 0 Å². The van der Waals surface area contributed by atoms with Gasteiger partial charge in [-0.25, -0.2) is 8.42 Å². The predicted molar refractivity (Wildman–Crippen MR) is 107 cm³/mol. The lowest BCUT2D eigenvalue weighted by Crippen LogP contribution is -2.42. The van der Waals surface area contributed by atoms with Gasteiger partial charge in [0.1, 0.15) is 0 Å². The first-order valence-corrected chi connectivity index (χ1v) is 11.3. The van der Waals surface area contributed by atoms with Gasteiger partial charge < -0.3 is 0 Å². The Kier molecular flexibility index (Phi) is 6.71. The topological polar surface area (TPSA) is 95.6 Å². The van der Waals surface area contributed by atoms with Crippen molar-refractivity contribution < 1.29 is 18.0 Å². The van der Waals surface area contributed by atoms with Gasteiger partial charge in [0, 0.05) is 23.5 Å². The number of thioether (sulfide) groups is 1. The molecule has 1 fully saturated rings. The van der Waals surface area contributed by atoms with Gasteiger partial charge in [-0.3, -0.25) is 20.4 Å². The number of hydrogen-bond acceptors (Lipinski definition) is 5. The molecule has 0 bridgehead atoms. The maximum Gasteiger partial charge on any atom is 0.269 e. The first-order valence-electron chi connectivity index (χ1n) is 8.84. The first-order chi connectivity index (χ1) is 13.5. The van der Waals surface area contributed by atoms with Crippen LogP contribution < -0.4 is 10.9 Å². The van der Waals surface area contributed by atoms with E-state index in [1.165, 1.54) is 40.3 Å². The number of hydrogen-bond donors (Lipinski definition) is 2. The zero-order valence-electron chi connectivity index (χ0n) is 15.1. The Morgan fingerprint density at radius 2 is 1.68 bits per heavy atom. The Morgan fingerprint density at radius 1 is 0.964 bits per heavy atom. The van der Waals surface area contributed by atoms with Crippen molar-refractivity contribution in [1.82, 2.24) is 15.2 Å². The van der Waals surface area contributed by atoms with Gasteiger partial charge in [-0.1, -0.05) is 24.3 Å². The lowest BCUT2D eigenvalue weighted by atomic mass is 10.2. The van der Waals surface area contributed by atoms with Gasteiger partial charge in [-0.15, -0.1) is 11.8 Å². The molecule has 0 aliphatic carbocycles. The van der Waals surface area contributed by atoms with Crippen molar-refractivity contribution in [2.24, 2.45) is 0 Å². The highest BCUT2D eigenvalue weighted by atomic mass is 32.2. The minimum atomic E-state index is -3.60. The van der Waals surface area contributed by atoms with Crippen molar-refractivity contribution >= 4 is 33.6 Å². The molecular formula is C19H21N3O4S2. The third kappa shape index (κ3) is 5.12. The standard InChI is InChI=1S/C19H21N3O4S2/c23-18(14-27-16-8-2-1-3-9-16)20-21-19(24)15-7-6-10-17(13-15)28(25,26)22-11-4-5-12-22/h1-3,6-10,13H,4-5,11-12,14H2,(H,20,23)(H,21,24). The molecule has 1 heterocycles. The van der Waals surface area contributed by atoms with Crippen LogP contribution in [0.1, 0.15) is 23.2 Å². The largest absolute Gasteiger partial charge is 0.272 e. The van der Waals surface area contributed by atoms with Crippen molar-refractivity contribution in [2.45, 2.75) is 22.6 Å². The molecule has 0 atom stereocenters. The monoisotopic (exact) mass is 419 g/mol. The predicted octanol–water partition coefficient (Wildman–Crippen LogP) is 2.02. The molecule has 0 spiro atoms. The molecule has 2 aromatic rings. The minimum absolute atomic E-state index is 0.0769. The Balaban J connectivity index is 1.56. The van der Waals surface area contributed by atoms with Gasteiger partial charge in [0.05, 0.1) is 10.6 Å². The second-order valence-electron chi connectivity index (χ2n) is 6.24. The van der Waals surface area contributed by atoms with E-state index in [1.807, 2.05) is 30.3 Å². The molecular weight excluding hydrogens is 398 g/mol. The average molecular weight is 420 g/mol. The number of hydrazine groups is 1. The summed E-state index contributed by atoms with van der Waals surface area (Å²) in [6, 6.07) is 15.3. The van der Waals surface area contributed by atoms with E-state index in [2.05, 4.69) is 10.9 Å². The van der Waals surface area contributed by atoms with Crippen LogP contribution in [0.3, 0.4) is 0 Å². The fourth-order valence-corrected chi connectivity index (χ4v) is 5.06. The summed E-state index contributed by atoms with van der Waals surface area (Å²) in [7, 11) is -3.60. The van der Waals surface area contributed by atoms with Gasteiger partial charge in [-0.05, 0) is 43.2 Å². The van der Waals surface area contributed by atoms with E-state index in [4.69, 9.17) is 0 Å². The number of sulfonamides is 1. The number of carbonyl (C=O) groups is 2.